The van der Waals surface area contributed by atoms with Crippen molar-refractivity contribution in [3.05, 3.63) is 69.6 Å². The summed E-state index contributed by atoms with van der Waals surface area (Å²) in [6.45, 7) is 0. The summed E-state index contributed by atoms with van der Waals surface area (Å²) in [6, 6.07) is 15.4. The summed E-state index contributed by atoms with van der Waals surface area (Å²) in [6.07, 6.45) is 3.50. The molecule has 0 bridgehead atoms. The number of benzene rings is 1. The van der Waals surface area contributed by atoms with Crippen LogP contribution in [0.25, 0.3) is 23.0 Å². The van der Waals surface area contributed by atoms with Crippen molar-refractivity contribution in [2.24, 2.45) is 0 Å². The number of hydrogen-bond acceptors (Lipinski definition) is 3. The highest BCUT2D eigenvalue weighted by atomic mass is 35.5. The Morgan fingerprint density at radius 2 is 2.05 bits per heavy atom. The van der Waals surface area contributed by atoms with E-state index in [0.717, 1.165) is 21.8 Å². The molecule has 0 aliphatic rings. The van der Waals surface area contributed by atoms with Crippen molar-refractivity contribution in [1.82, 2.24) is 0 Å². The van der Waals surface area contributed by atoms with Crippen LogP contribution in [-0.4, -0.2) is 0 Å². The minimum Gasteiger partial charge on any atom is -0.464 e. The van der Waals surface area contributed by atoms with Crippen LogP contribution < -0.4 is 0 Å². The largest absolute Gasteiger partial charge is 0.464 e. The van der Waals surface area contributed by atoms with E-state index in [9.17, 15) is 5.26 Å². The van der Waals surface area contributed by atoms with E-state index in [1.54, 1.807) is 6.26 Å². The first-order valence-corrected chi connectivity index (χ1v) is 7.52. The zero-order valence-corrected chi connectivity index (χ0v) is 12.5. The Kier molecular flexibility index (Phi) is 3.92. The van der Waals surface area contributed by atoms with Gasteiger partial charge in [-0.05, 0) is 42.0 Å². The molecule has 102 valence electrons. The molecule has 0 saturated carbocycles. The molecule has 21 heavy (non-hydrogen) atoms. The van der Waals surface area contributed by atoms with Gasteiger partial charge in [-0.3, -0.25) is 0 Å². The number of furan rings is 1. The van der Waals surface area contributed by atoms with Gasteiger partial charge in [-0.15, -0.1) is 11.3 Å². The summed E-state index contributed by atoms with van der Waals surface area (Å²) in [5.74, 6) is 0.807. The molecular formula is C17H10ClNOS. The van der Waals surface area contributed by atoms with Crippen LogP contribution >= 0.6 is 22.9 Å². The third-order valence-electron chi connectivity index (χ3n) is 2.97. The van der Waals surface area contributed by atoms with Crippen molar-refractivity contribution < 1.29 is 4.42 Å². The molecule has 0 radical (unpaired) electrons. The van der Waals surface area contributed by atoms with E-state index >= 15 is 0 Å². The summed E-state index contributed by atoms with van der Waals surface area (Å²) < 4.78 is 5.37. The predicted molar refractivity (Wildman–Crippen MR) is 87.0 cm³/mol. The molecule has 0 atom stereocenters. The number of halogens is 1. The predicted octanol–water partition coefficient (Wildman–Crippen LogP) is 5.73. The Labute approximate surface area is 131 Å². The van der Waals surface area contributed by atoms with Crippen LogP contribution in [0.4, 0.5) is 0 Å². The second-order valence-electron chi connectivity index (χ2n) is 4.40. The van der Waals surface area contributed by atoms with Gasteiger partial charge >= 0.3 is 0 Å². The van der Waals surface area contributed by atoms with Gasteiger partial charge in [0.2, 0.25) is 0 Å². The Morgan fingerprint density at radius 1 is 1.24 bits per heavy atom. The fourth-order valence-corrected chi connectivity index (χ4v) is 2.92. The average Bonchev–Trinajstić information content (AvgIpc) is 3.17. The first kappa shape index (κ1) is 13.7. The highest BCUT2D eigenvalue weighted by Crippen LogP contribution is 2.31. The van der Waals surface area contributed by atoms with Crippen LogP contribution in [0, 0.1) is 11.3 Å². The molecule has 0 N–H and O–H groups in total. The topological polar surface area (TPSA) is 36.9 Å². The highest BCUT2D eigenvalue weighted by Gasteiger charge is 2.08. The maximum atomic E-state index is 9.37. The maximum Gasteiger partial charge on any atom is 0.134 e. The van der Waals surface area contributed by atoms with Crippen LogP contribution in [0.1, 0.15) is 10.4 Å². The smallest absolute Gasteiger partial charge is 0.134 e. The molecular weight excluding hydrogens is 302 g/mol. The van der Waals surface area contributed by atoms with Gasteiger partial charge in [0, 0.05) is 20.8 Å². The quantitative estimate of drug-likeness (QED) is 0.579. The number of nitriles is 1. The summed E-state index contributed by atoms with van der Waals surface area (Å²) >= 11 is 7.39. The number of hydrogen-bond donors (Lipinski definition) is 0. The molecule has 0 aliphatic carbocycles. The summed E-state index contributed by atoms with van der Waals surface area (Å²) in [5.41, 5.74) is 2.56. The van der Waals surface area contributed by atoms with E-state index in [2.05, 4.69) is 6.07 Å². The fourth-order valence-electron chi connectivity index (χ4n) is 1.93. The first-order valence-electron chi connectivity index (χ1n) is 6.26. The second kappa shape index (κ2) is 6.01. The Hall–Kier alpha value is -2.28. The van der Waals surface area contributed by atoms with Crippen LogP contribution in [0.5, 0.6) is 0 Å². The van der Waals surface area contributed by atoms with Crippen molar-refractivity contribution in [3.8, 4) is 17.4 Å². The minimum atomic E-state index is 0.625. The van der Waals surface area contributed by atoms with Crippen LogP contribution in [0.2, 0.25) is 5.02 Å². The van der Waals surface area contributed by atoms with Gasteiger partial charge in [-0.2, -0.15) is 5.26 Å². The van der Waals surface area contributed by atoms with E-state index < -0.39 is 0 Å². The van der Waals surface area contributed by atoms with Crippen LogP contribution in [0.3, 0.4) is 0 Å². The molecule has 4 heteroatoms. The lowest BCUT2D eigenvalue weighted by Crippen LogP contribution is -1.77. The Morgan fingerprint density at radius 3 is 2.71 bits per heavy atom. The van der Waals surface area contributed by atoms with E-state index in [-0.39, 0.29) is 0 Å². The van der Waals surface area contributed by atoms with E-state index in [1.807, 2.05) is 53.9 Å². The molecule has 3 rings (SSSR count). The van der Waals surface area contributed by atoms with Gasteiger partial charge in [0.15, 0.2) is 0 Å². The van der Waals surface area contributed by atoms with Crippen LogP contribution in [0.15, 0.2) is 58.5 Å². The molecule has 0 saturated heterocycles. The normalized spacial score (nSPS) is 11.3. The van der Waals surface area contributed by atoms with Gasteiger partial charge in [0.05, 0.1) is 11.8 Å². The standard InChI is InChI=1S/C17H10ClNOS/c18-15-5-3-12(4-6-15)8-13(10-19)17-9-14(11-21-17)16-2-1-7-20-16/h1-9,11H/b13-8+. The number of allylic oxidation sites excluding steroid dienone is 1. The zero-order chi connectivity index (χ0) is 14.7. The number of thiophene rings is 1. The molecule has 0 fully saturated rings. The maximum absolute atomic E-state index is 9.37. The van der Waals surface area contributed by atoms with Gasteiger partial charge < -0.3 is 4.42 Å². The van der Waals surface area contributed by atoms with Crippen molar-refractivity contribution in [2.75, 3.05) is 0 Å². The third-order valence-corrected chi connectivity index (χ3v) is 4.19. The molecule has 0 amide bonds. The van der Waals surface area contributed by atoms with Crippen molar-refractivity contribution in [1.29, 1.82) is 5.26 Å². The highest BCUT2D eigenvalue weighted by molar-refractivity contribution is 7.11. The minimum absolute atomic E-state index is 0.625. The SMILES string of the molecule is N#C/C(=C\c1ccc(Cl)cc1)c1cc(-c2ccco2)cs1. The lowest BCUT2D eigenvalue weighted by atomic mass is 10.1. The van der Waals surface area contributed by atoms with E-state index in [0.29, 0.717) is 10.6 Å². The number of rotatable bonds is 3. The van der Waals surface area contributed by atoms with Gasteiger partial charge in [-0.1, -0.05) is 23.7 Å². The van der Waals surface area contributed by atoms with Gasteiger partial charge in [0.25, 0.3) is 0 Å². The van der Waals surface area contributed by atoms with Gasteiger partial charge in [-0.25, -0.2) is 0 Å². The Balaban J connectivity index is 1.94. The van der Waals surface area contributed by atoms with E-state index in [1.165, 1.54) is 11.3 Å². The van der Waals surface area contributed by atoms with Crippen molar-refractivity contribution in [3.63, 3.8) is 0 Å². The summed E-state index contributed by atoms with van der Waals surface area (Å²) in [4.78, 5) is 0.916. The average molecular weight is 312 g/mol. The molecule has 2 aromatic heterocycles. The summed E-state index contributed by atoms with van der Waals surface area (Å²) in [7, 11) is 0. The molecule has 0 unspecified atom stereocenters. The lowest BCUT2D eigenvalue weighted by Gasteiger charge is -1.96. The molecule has 3 aromatic rings. The van der Waals surface area contributed by atoms with Crippen molar-refractivity contribution in [2.45, 2.75) is 0 Å². The monoisotopic (exact) mass is 311 g/mol. The zero-order valence-electron chi connectivity index (χ0n) is 10.9. The Bertz CT molecular complexity index is 807. The molecule has 2 nitrogen and oxygen atoms in total. The van der Waals surface area contributed by atoms with E-state index in [4.69, 9.17) is 16.0 Å². The third kappa shape index (κ3) is 3.08. The van der Waals surface area contributed by atoms with Crippen molar-refractivity contribution >= 4 is 34.6 Å². The fraction of sp³-hybridized carbons (Fsp3) is 0. The molecule has 0 spiro atoms. The molecule has 2 heterocycles. The van der Waals surface area contributed by atoms with Crippen LogP contribution in [-0.2, 0) is 0 Å². The second-order valence-corrected chi connectivity index (χ2v) is 5.75. The summed E-state index contributed by atoms with van der Waals surface area (Å²) in [5, 5.41) is 12.0. The molecule has 0 aliphatic heterocycles. The molecule has 1 aromatic carbocycles. The first-order chi connectivity index (χ1) is 10.3. The van der Waals surface area contributed by atoms with Gasteiger partial charge in [0.1, 0.15) is 11.8 Å². The lowest BCUT2D eigenvalue weighted by molar-refractivity contribution is 0.582. The number of nitrogens with zero attached hydrogens (tertiary/aromatic N) is 1.